The molecule has 2 aromatic carbocycles. The van der Waals surface area contributed by atoms with Gasteiger partial charge < -0.3 is 9.29 Å². The number of carbonyl (C=O) groups excluding carboxylic acids is 3. The van der Waals surface area contributed by atoms with Gasteiger partial charge in [0.15, 0.2) is 0 Å². The summed E-state index contributed by atoms with van der Waals surface area (Å²) in [4.78, 5) is 36.8. The quantitative estimate of drug-likeness (QED) is 0.188. The topological polar surface area (TPSA) is 121 Å². The van der Waals surface area contributed by atoms with E-state index in [0.29, 0.717) is 11.1 Å². The molecule has 0 bridgehead atoms. The first-order valence-corrected chi connectivity index (χ1v) is 9.40. The molecule has 140 valence electrons. The molecule has 0 spiro atoms. The molecule has 0 radical (unpaired) electrons. The molecule has 0 N–H and O–H groups in total. The number of fused-ring (bicyclic) bond motifs is 1. The van der Waals surface area contributed by atoms with Crippen LogP contribution in [0.3, 0.4) is 0 Å². The number of hydrogen-bond donors (Lipinski definition) is 0. The van der Waals surface area contributed by atoms with E-state index >= 15 is 0 Å². The van der Waals surface area contributed by atoms with Crippen LogP contribution in [-0.4, -0.2) is 42.2 Å². The Hall–Kier alpha value is -2.04. The molecule has 0 saturated carbocycles. The Labute approximate surface area is 183 Å². The van der Waals surface area contributed by atoms with Gasteiger partial charge in [0.05, 0.1) is 16.0 Å². The zero-order valence-electron chi connectivity index (χ0n) is 15.0. The third kappa shape index (κ3) is 4.68. The molecule has 8 nitrogen and oxygen atoms in total. The molecule has 0 aliphatic carbocycles. The number of amides is 2. The van der Waals surface area contributed by atoms with Crippen molar-refractivity contribution in [3.63, 3.8) is 0 Å². The van der Waals surface area contributed by atoms with E-state index in [1.807, 2.05) is 0 Å². The van der Waals surface area contributed by atoms with Crippen molar-refractivity contribution < 1.29 is 61.6 Å². The summed E-state index contributed by atoms with van der Waals surface area (Å²) in [6, 6.07) is 11.4. The predicted molar refractivity (Wildman–Crippen MR) is 91.1 cm³/mol. The second-order valence-corrected chi connectivity index (χ2v) is 7.13. The number of imide groups is 1. The summed E-state index contributed by atoms with van der Waals surface area (Å²) in [6.07, 6.45) is -0.0305. The molecule has 0 aromatic heterocycles. The standard InChI is InChI=1S/C18H15NO7S.Na/c20-16(26-14-8-3-4-9-15(14)27(23,24)25)10-5-11-19-17(21)12-6-1-2-7-13(12)18(19)22;/h1-4,6-9H,5,10-11H2,(H,23,24,25);/q;+1/p-1. The summed E-state index contributed by atoms with van der Waals surface area (Å²) in [7, 11) is -4.78. The van der Waals surface area contributed by atoms with Crippen molar-refractivity contribution in [1.29, 1.82) is 0 Å². The monoisotopic (exact) mass is 411 g/mol. The molecule has 0 atom stereocenters. The number of carbonyl (C=O) groups is 3. The van der Waals surface area contributed by atoms with Crippen molar-refractivity contribution in [2.75, 3.05) is 6.54 Å². The van der Waals surface area contributed by atoms with E-state index in [2.05, 4.69) is 0 Å². The van der Waals surface area contributed by atoms with Crippen molar-refractivity contribution in [3.05, 3.63) is 59.7 Å². The molecular weight excluding hydrogens is 397 g/mol. The number of ether oxygens (including phenoxy) is 1. The molecule has 1 heterocycles. The van der Waals surface area contributed by atoms with Crippen LogP contribution in [0.15, 0.2) is 53.4 Å². The largest absolute Gasteiger partial charge is 1.00 e. The fourth-order valence-corrected chi connectivity index (χ4v) is 3.34. The first-order chi connectivity index (χ1) is 12.8. The van der Waals surface area contributed by atoms with Crippen LogP contribution in [0.1, 0.15) is 33.6 Å². The van der Waals surface area contributed by atoms with Crippen molar-refractivity contribution >= 4 is 27.9 Å². The first-order valence-electron chi connectivity index (χ1n) is 8.00. The van der Waals surface area contributed by atoms with E-state index < -0.39 is 32.8 Å². The van der Waals surface area contributed by atoms with Crippen LogP contribution in [0.25, 0.3) is 0 Å². The van der Waals surface area contributed by atoms with Gasteiger partial charge >= 0.3 is 35.5 Å². The minimum absolute atomic E-state index is 0. The van der Waals surface area contributed by atoms with Crippen molar-refractivity contribution in [1.82, 2.24) is 4.90 Å². The zero-order chi connectivity index (χ0) is 19.6. The third-order valence-electron chi connectivity index (χ3n) is 3.98. The summed E-state index contributed by atoms with van der Waals surface area (Å²) >= 11 is 0. The van der Waals surface area contributed by atoms with E-state index in [0.717, 1.165) is 11.0 Å². The van der Waals surface area contributed by atoms with Crippen LogP contribution in [0, 0.1) is 0 Å². The summed E-state index contributed by atoms with van der Waals surface area (Å²) < 4.78 is 38.5. The maximum Gasteiger partial charge on any atom is 1.00 e. The van der Waals surface area contributed by atoms with Crippen molar-refractivity contribution in [2.45, 2.75) is 17.7 Å². The van der Waals surface area contributed by atoms with Crippen LogP contribution in [0.4, 0.5) is 0 Å². The SMILES string of the molecule is O=C(CCCN1C(=O)c2ccccc2C1=O)Oc1ccccc1S(=O)(=O)[O-].[Na+]. The van der Waals surface area contributed by atoms with Gasteiger partial charge in [0.2, 0.25) is 0 Å². The average molecular weight is 411 g/mol. The predicted octanol–water partition coefficient (Wildman–Crippen LogP) is -1.42. The number of esters is 1. The van der Waals surface area contributed by atoms with Gasteiger partial charge in [-0.2, -0.15) is 0 Å². The Morgan fingerprint density at radius 3 is 2.07 bits per heavy atom. The molecule has 10 heteroatoms. The molecule has 1 aliphatic heterocycles. The number of benzene rings is 2. The maximum absolute atomic E-state index is 12.2. The second kappa shape index (κ2) is 8.97. The van der Waals surface area contributed by atoms with Crippen molar-refractivity contribution in [3.8, 4) is 5.75 Å². The Kier molecular flexibility index (Phi) is 7.13. The molecule has 0 saturated heterocycles. The first kappa shape index (κ1) is 22.3. The van der Waals surface area contributed by atoms with Crippen molar-refractivity contribution in [2.24, 2.45) is 0 Å². The molecule has 3 rings (SSSR count). The second-order valence-electron chi connectivity index (χ2n) is 5.79. The Morgan fingerprint density at radius 1 is 0.964 bits per heavy atom. The number of nitrogens with zero attached hydrogens (tertiary/aromatic N) is 1. The van der Waals surface area contributed by atoms with Gasteiger partial charge in [-0.05, 0) is 30.7 Å². The van der Waals surface area contributed by atoms with E-state index in [1.165, 1.54) is 18.2 Å². The van der Waals surface area contributed by atoms with E-state index in [9.17, 15) is 27.4 Å². The molecule has 28 heavy (non-hydrogen) atoms. The Balaban J connectivity index is 0.00000280. The van der Waals surface area contributed by atoms with Gasteiger partial charge in [-0.3, -0.25) is 19.3 Å². The van der Waals surface area contributed by atoms with Crippen LogP contribution in [0.5, 0.6) is 5.75 Å². The van der Waals surface area contributed by atoms with Gasteiger partial charge in [-0.1, -0.05) is 24.3 Å². The maximum atomic E-state index is 12.2. The minimum atomic E-state index is -4.78. The summed E-state index contributed by atoms with van der Waals surface area (Å²) in [6.45, 7) is 0.0168. The van der Waals surface area contributed by atoms with Gasteiger partial charge in [0.25, 0.3) is 11.8 Å². The van der Waals surface area contributed by atoms with Gasteiger partial charge in [0, 0.05) is 13.0 Å². The zero-order valence-corrected chi connectivity index (χ0v) is 17.8. The normalized spacial score (nSPS) is 13.1. The summed E-state index contributed by atoms with van der Waals surface area (Å²) in [5.41, 5.74) is 0.638. The molecular formula is C18H14NNaO7S. The van der Waals surface area contributed by atoms with Gasteiger partial charge in [-0.25, -0.2) is 8.42 Å². The van der Waals surface area contributed by atoms with Crippen LogP contribution in [0.2, 0.25) is 0 Å². The van der Waals surface area contributed by atoms with Gasteiger partial charge in [0.1, 0.15) is 15.9 Å². The minimum Gasteiger partial charge on any atom is -0.744 e. The average Bonchev–Trinajstić information content (AvgIpc) is 2.86. The Morgan fingerprint density at radius 2 is 1.50 bits per heavy atom. The Bertz CT molecular complexity index is 1000. The third-order valence-corrected chi connectivity index (χ3v) is 4.86. The molecule has 1 aliphatic rings. The molecule has 0 unspecified atom stereocenters. The van der Waals surface area contributed by atoms with Crippen LogP contribution in [-0.2, 0) is 14.9 Å². The molecule has 0 fully saturated rings. The fourth-order valence-electron chi connectivity index (χ4n) is 2.74. The number of rotatable bonds is 6. The summed E-state index contributed by atoms with van der Waals surface area (Å²) in [5.74, 6) is -1.97. The number of hydrogen-bond acceptors (Lipinski definition) is 7. The fraction of sp³-hybridized carbons (Fsp3) is 0.167. The van der Waals surface area contributed by atoms with E-state index in [1.54, 1.807) is 24.3 Å². The van der Waals surface area contributed by atoms with Crippen LogP contribution >= 0.6 is 0 Å². The van der Waals surface area contributed by atoms with E-state index in [-0.39, 0.29) is 54.7 Å². The smallest absolute Gasteiger partial charge is 0.744 e. The molecule has 2 amide bonds. The summed E-state index contributed by atoms with van der Waals surface area (Å²) in [5, 5.41) is 0. The van der Waals surface area contributed by atoms with Crippen LogP contribution < -0.4 is 34.3 Å². The number of para-hydroxylation sites is 1. The van der Waals surface area contributed by atoms with Gasteiger partial charge in [-0.15, -0.1) is 0 Å². The van der Waals surface area contributed by atoms with E-state index in [4.69, 9.17) is 4.74 Å². The molecule has 2 aromatic rings.